The van der Waals surface area contributed by atoms with Gasteiger partial charge in [0.05, 0.1) is 22.1 Å². The summed E-state index contributed by atoms with van der Waals surface area (Å²) in [6.45, 7) is 0. The van der Waals surface area contributed by atoms with Crippen molar-refractivity contribution in [2.75, 3.05) is 11.5 Å². The highest BCUT2D eigenvalue weighted by molar-refractivity contribution is 6.32. The summed E-state index contributed by atoms with van der Waals surface area (Å²) >= 11 is 6.04. The average molecular weight is 236 g/mol. The fraction of sp³-hybridized carbons (Fsp3) is 0. The van der Waals surface area contributed by atoms with Gasteiger partial charge in [0.1, 0.15) is 0 Å². The molecule has 1 aromatic heterocycles. The lowest BCUT2D eigenvalue weighted by Crippen LogP contribution is -2.04. The SMILES string of the molecule is Nc1cc(Cl)c(-n2ccc(=O)cc2)cc1N. The first-order valence-electron chi connectivity index (χ1n) is 4.61. The predicted molar refractivity (Wildman–Crippen MR) is 65.9 cm³/mol. The lowest BCUT2D eigenvalue weighted by atomic mass is 10.2. The van der Waals surface area contributed by atoms with Crippen molar-refractivity contribution in [3.8, 4) is 5.69 Å². The fourth-order valence-electron chi connectivity index (χ4n) is 1.36. The number of nitrogens with zero attached hydrogens (tertiary/aromatic N) is 1. The second kappa shape index (κ2) is 3.90. The van der Waals surface area contributed by atoms with Gasteiger partial charge in [-0.05, 0) is 12.1 Å². The molecule has 4 nitrogen and oxygen atoms in total. The molecule has 0 fully saturated rings. The Balaban J connectivity index is 2.60. The Hall–Kier alpha value is -1.94. The second-order valence-electron chi connectivity index (χ2n) is 3.37. The van der Waals surface area contributed by atoms with Crippen LogP contribution in [0.5, 0.6) is 0 Å². The highest BCUT2D eigenvalue weighted by Gasteiger charge is 2.05. The van der Waals surface area contributed by atoms with Gasteiger partial charge in [0, 0.05) is 24.5 Å². The van der Waals surface area contributed by atoms with Crippen molar-refractivity contribution in [1.82, 2.24) is 4.57 Å². The Bertz CT molecular complexity index is 572. The minimum Gasteiger partial charge on any atom is -0.397 e. The quantitative estimate of drug-likeness (QED) is 0.739. The van der Waals surface area contributed by atoms with E-state index in [0.29, 0.717) is 22.1 Å². The lowest BCUT2D eigenvalue weighted by molar-refractivity contribution is 1.04. The van der Waals surface area contributed by atoms with Crippen LogP contribution in [0.1, 0.15) is 0 Å². The van der Waals surface area contributed by atoms with Gasteiger partial charge in [-0.25, -0.2) is 0 Å². The summed E-state index contributed by atoms with van der Waals surface area (Å²) in [7, 11) is 0. The summed E-state index contributed by atoms with van der Waals surface area (Å²) in [6.07, 6.45) is 3.25. The molecule has 0 spiro atoms. The molecule has 16 heavy (non-hydrogen) atoms. The molecule has 5 heteroatoms. The molecule has 2 rings (SSSR count). The van der Waals surface area contributed by atoms with Crippen LogP contribution in [0.3, 0.4) is 0 Å². The number of aromatic nitrogens is 1. The molecular weight excluding hydrogens is 226 g/mol. The Morgan fingerprint density at radius 3 is 2.25 bits per heavy atom. The van der Waals surface area contributed by atoms with Crippen LogP contribution in [0.25, 0.3) is 5.69 Å². The van der Waals surface area contributed by atoms with E-state index in [4.69, 9.17) is 23.1 Å². The van der Waals surface area contributed by atoms with E-state index >= 15 is 0 Å². The monoisotopic (exact) mass is 235 g/mol. The second-order valence-corrected chi connectivity index (χ2v) is 3.78. The number of anilines is 2. The molecule has 0 bridgehead atoms. The van der Waals surface area contributed by atoms with E-state index < -0.39 is 0 Å². The molecule has 0 saturated carbocycles. The van der Waals surface area contributed by atoms with Gasteiger partial charge in [-0.3, -0.25) is 4.79 Å². The summed E-state index contributed by atoms with van der Waals surface area (Å²) in [4.78, 5) is 11.0. The lowest BCUT2D eigenvalue weighted by Gasteiger charge is -2.10. The van der Waals surface area contributed by atoms with Crippen LogP contribution in [0.15, 0.2) is 41.5 Å². The van der Waals surface area contributed by atoms with Crippen LogP contribution in [0.2, 0.25) is 5.02 Å². The van der Waals surface area contributed by atoms with Crippen molar-refractivity contribution in [1.29, 1.82) is 0 Å². The summed E-state index contributed by atoms with van der Waals surface area (Å²) in [5.74, 6) is 0. The molecule has 0 radical (unpaired) electrons. The zero-order valence-electron chi connectivity index (χ0n) is 8.35. The Morgan fingerprint density at radius 2 is 1.62 bits per heavy atom. The van der Waals surface area contributed by atoms with Crippen LogP contribution in [-0.4, -0.2) is 4.57 Å². The van der Waals surface area contributed by atoms with E-state index in [1.807, 2.05) is 0 Å². The molecule has 0 aliphatic carbocycles. The number of nitrogen functional groups attached to an aromatic ring is 2. The number of halogens is 1. The average Bonchev–Trinajstić information content (AvgIpc) is 2.25. The van der Waals surface area contributed by atoms with E-state index in [-0.39, 0.29) is 5.43 Å². The summed E-state index contributed by atoms with van der Waals surface area (Å²) < 4.78 is 1.71. The number of nitrogens with two attached hydrogens (primary N) is 2. The van der Waals surface area contributed by atoms with Crippen LogP contribution in [0.4, 0.5) is 11.4 Å². The van der Waals surface area contributed by atoms with E-state index in [9.17, 15) is 4.79 Å². The van der Waals surface area contributed by atoms with Crippen molar-refractivity contribution >= 4 is 23.0 Å². The molecule has 0 aliphatic heterocycles. The van der Waals surface area contributed by atoms with Crippen molar-refractivity contribution in [2.24, 2.45) is 0 Å². The molecular formula is C11H10ClN3O. The largest absolute Gasteiger partial charge is 0.397 e. The van der Waals surface area contributed by atoms with Gasteiger partial charge in [0.2, 0.25) is 0 Å². The van der Waals surface area contributed by atoms with Crippen molar-refractivity contribution in [2.45, 2.75) is 0 Å². The predicted octanol–water partition coefficient (Wildman–Crippen LogP) is 1.66. The Kier molecular flexibility index (Phi) is 2.58. The van der Waals surface area contributed by atoms with Gasteiger partial charge in [-0.2, -0.15) is 0 Å². The maximum absolute atomic E-state index is 11.0. The smallest absolute Gasteiger partial charge is 0.181 e. The number of pyridine rings is 1. The van der Waals surface area contributed by atoms with E-state index in [0.717, 1.165) is 0 Å². The zero-order valence-corrected chi connectivity index (χ0v) is 9.11. The van der Waals surface area contributed by atoms with Gasteiger partial charge in [-0.1, -0.05) is 11.6 Å². The molecule has 0 amide bonds. The summed E-state index contributed by atoms with van der Waals surface area (Å²) in [6, 6.07) is 6.15. The molecule has 0 saturated heterocycles. The maximum atomic E-state index is 11.0. The number of rotatable bonds is 1. The standard InChI is InChI=1S/C11H10ClN3O/c12-8-5-9(13)10(14)6-11(8)15-3-1-7(16)2-4-15/h1-6H,13-14H2. The first kappa shape index (κ1) is 10.6. The van der Waals surface area contributed by atoms with Crippen molar-refractivity contribution in [3.05, 3.63) is 51.9 Å². The van der Waals surface area contributed by atoms with Gasteiger partial charge in [0.15, 0.2) is 5.43 Å². The molecule has 0 unspecified atom stereocenters. The maximum Gasteiger partial charge on any atom is 0.181 e. The van der Waals surface area contributed by atoms with Gasteiger partial charge in [0.25, 0.3) is 0 Å². The van der Waals surface area contributed by atoms with E-state index in [1.165, 1.54) is 12.1 Å². The van der Waals surface area contributed by atoms with Crippen molar-refractivity contribution < 1.29 is 0 Å². The Labute approximate surface area is 97.1 Å². The normalized spacial score (nSPS) is 10.3. The summed E-state index contributed by atoms with van der Waals surface area (Å²) in [5.41, 5.74) is 12.8. The molecule has 4 N–H and O–H groups in total. The topological polar surface area (TPSA) is 74.0 Å². The first-order chi connectivity index (χ1) is 7.58. The molecule has 2 aromatic rings. The van der Waals surface area contributed by atoms with Gasteiger partial charge < -0.3 is 16.0 Å². The zero-order chi connectivity index (χ0) is 11.7. The molecule has 0 aliphatic rings. The number of hydrogen-bond donors (Lipinski definition) is 2. The highest BCUT2D eigenvalue weighted by Crippen LogP contribution is 2.27. The highest BCUT2D eigenvalue weighted by atomic mass is 35.5. The van der Waals surface area contributed by atoms with Gasteiger partial charge >= 0.3 is 0 Å². The minimum atomic E-state index is -0.0595. The van der Waals surface area contributed by atoms with Crippen LogP contribution in [-0.2, 0) is 0 Å². The molecule has 1 aromatic carbocycles. The third-order valence-corrected chi connectivity index (χ3v) is 2.53. The number of benzene rings is 1. The third-order valence-electron chi connectivity index (χ3n) is 2.23. The molecule has 82 valence electrons. The fourth-order valence-corrected chi connectivity index (χ4v) is 1.63. The number of hydrogen-bond acceptors (Lipinski definition) is 3. The van der Waals surface area contributed by atoms with Crippen LogP contribution < -0.4 is 16.9 Å². The first-order valence-corrected chi connectivity index (χ1v) is 4.99. The van der Waals surface area contributed by atoms with Gasteiger partial charge in [-0.15, -0.1) is 0 Å². The van der Waals surface area contributed by atoms with Crippen molar-refractivity contribution in [3.63, 3.8) is 0 Å². The van der Waals surface area contributed by atoms with E-state index in [1.54, 1.807) is 29.1 Å². The van der Waals surface area contributed by atoms with Crippen LogP contribution >= 0.6 is 11.6 Å². The minimum absolute atomic E-state index is 0.0595. The Morgan fingerprint density at radius 1 is 1.06 bits per heavy atom. The molecule has 0 atom stereocenters. The molecule has 1 heterocycles. The summed E-state index contributed by atoms with van der Waals surface area (Å²) in [5, 5.41) is 0.482. The van der Waals surface area contributed by atoms with E-state index in [2.05, 4.69) is 0 Å². The third kappa shape index (κ3) is 1.87. The van der Waals surface area contributed by atoms with Crippen LogP contribution in [0, 0.1) is 0 Å².